The third-order valence-corrected chi connectivity index (χ3v) is 7.24. The van der Waals surface area contributed by atoms with Gasteiger partial charge in [0, 0.05) is 32.2 Å². The fraction of sp³-hybridized carbons (Fsp3) is 0.455. The first-order valence-electron chi connectivity index (χ1n) is 10.0. The van der Waals surface area contributed by atoms with E-state index in [4.69, 9.17) is 4.74 Å². The van der Waals surface area contributed by atoms with Gasteiger partial charge in [0.2, 0.25) is 10.0 Å². The molecule has 1 atom stereocenters. The first kappa shape index (κ1) is 20.8. The fourth-order valence-corrected chi connectivity index (χ4v) is 4.89. The van der Waals surface area contributed by atoms with Crippen LogP contribution >= 0.6 is 0 Å². The summed E-state index contributed by atoms with van der Waals surface area (Å²) >= 11 is 0. The molecule has 0 N–H and O–H groups in total. The van der Waals surface area contributed by atoms with Crippen LogP contribution in [0, 0.1) is 0 Å². The van der Waals surface area contributed by atoms with E-state index in [2.05, 4.69) is 30.9 Å². The van der Waals surface area contributed by atoms with E-state index in [1.54, 1.807) is 28.6 Å². The largest absolute Gasteiger partial charge is 0.494 e. The Labute approximate surface area is 169 Å². The molecule has 28 heavy (non-hydrogen) atoms. The summed E-state index contributed by atoms with van der Waals surface area (Å²) in [5.74, 6) is 0.717. The molecule has 1 fully saturated rings. The van der Waals surface area contributed by atoms with Crippen molar-refractivity contribution in [1.29, 1.82) is 0 Å². The molecule has 1 aliphatic heterocycles. The zero-order chi connectivity index (χ0) is 20.0. The highest BCUT2D eigenvalue weighted by molar-refractivity contribution is 7.89. The van der Waals surface area contributed by atoms with Gasteiger partial charge < -0.3 is 4.74 Å². The third kappa shape index (κ3) is 4.93. The number of nitrogens with zero attached hydrogens (tertiary/aromatic N) is 2. The zero-order valence-electron chi connectivity index (χ0n) is 16.8. The molecule has 1 saturated heterocycles. The van der Waals surface area contributed by atoms with Gasteiger partial charge in [-0.1, -0.05) is 43.7 Å². The van der Waals surface area contributed by atoms with Gasteiger partial charge in [0.1, 0.15) is 5.75 Å². The molecule has 0 bridgehead atoms. The second kappa shape index (κ2) is 9.54. The third-order valence-electron chi connectivity index (χ3n) is 5.33. The van der Waals surface area contributed by atoms with Crippen molar-refractivity contribution < 1.29 is 13.2 Å². The smallest absolute Gasteiger partial charge is 0.243 e. The molecule has 0 aliphatic carbocycles. The molecule has 0 amide bonds. The molecule has 2 aromatic rings. The van der Waals surface area contributed by atoms with Crippen LogP contribution in [-0.4, -0.2) is 50.4 Å². The van der Waals surface area contributed by atoms with E-state index in [1.165, 1.54) is 5.56 Å². The SMILES string of the molecule is CCCCOc1ccc(S(=O)(=O)N2CCN(C(C)c3ccccc3)CC2)cc1. The fourth-order valence-electron chi connectivity index (χ4n) is 3.46. The Morgan fingerprint density at radius 3 is 2.21 bits per heavy atom. The van der Waals surface area contributed by atoms with Crippen molar-refractivity contribution in [2.75, 3.05) is 32.8 Å². The normalized spacial score (nSPS) is 17.4. The molecule has 1 unspecified atom stereocenters. The van der Waals surface area contributed by atoms with Gasteiger partial charge >= 0.3 is 0 Å². The van der Waals surface area contributed by atoms with E-state index >= 15 is 0 Å². The topological polar surface area (TPSA) is 49.9 Å². The van der Waals surface area contributed by atoms with Crippen LogP contribution in [0.25, 0.3) is 0 Å². The Morgan fingerprint density at radius 1 is 0.964 bits per heavy atom. The lowest BCUT2D eigenvalue weighted by Crippen LogP contribution is -2.49. The second-order valence-electron chi connectivity index (χ2n) is 7.20. The summed E-state index contributed by atoms with van der Waals surface area (Å²) in [4.78, 5) is 2.67. The van der Waals surface area contributed by atoms with Gasteiger partial charge in [0.25, 0.3) is 0 Å². The number of sulfonamides is 1. The maximum Gasteiger partial charge on any atom is 0.243 e. The molecule has 1 heterocycles. The number of hydrogen-bond acceptors (Lipinski definition) is 4. The Hall–Kier alpha value is -1.89. The minimum absolute atomic E-state index is 0.283. The number of ether oxygens (including phenoxy) is 1. The van der Waals surface area contributed by atoms with E-state index in [0.717, 1.165) is 25.9 Å². The average Bonchev–Trinajstić information content (AvgIpc) is 2.74. The molecule has 0 spiro atoms. The Balaban J connectivity index is 1.60. The van der Waals surface area contributed by atoms with Crippen molar-refractivity contribution in [3.8, 4) is 5.75 Å². The summed E-state index contributed by atoms with van der Waals surface area (Å²) in [6.45, 7) is 7.42. The molecule has 6 heteroatoms. The molecule has 3 rings (SSSR count). The molecular weight excluding hydrogens is 372 g/mol. The number of rotatable bonds is 8. The van der Waals surface area contributed by atoms with Gasteiger partial charge in [-0.3, -0.25) is 4.90 Å². The summed E-state index contributed by atoms with van der Waals surface area (Å²) in [5.41, 5.74) is 1.26. The molecule has 1 aliphatic rings. The maximum atomic E-state index is 13.0. The van der Waals surface area contributed by atoms with E-state index in [-0.39, 0.29) is 6.04 Å². The minimum Gasteiger partial charge on any atom is -0.494 e. The highest BCUT2D eigenvalue weighted by Crippen LogP contribution is 2.25. The molecule has 0 saturated carbocycles. The van der Waals surface area contributed by atoms with Crippen LogP contribution in [0.1, 0.15) is 38.3 Å². The molecule has 152 valence electrons. The van der Waals surface area contributed by atoms with Crippen LogP contribution in [0.3, 0.4) is 0 Å². The predicted molar refractivity (Wildman–Crippen MR) is 112 cm³/mol. The highest BCUT2D eigenvalue weighted by atomic mass is 32.2. The van der Waals surface area contributed by atoms with Gasteiger partial charge in [0.05, 0.1) is 11.5 Å². The molecule has 0 aromatic heterocycles. The van der Waals surface area contributed by atoms with Crippen molar-refractivity contribution >= 4 is 10.0 Å². The van der Waals surface area contributed by atoms with Crippen LogP contribution in [0.4, 0.5) is 0 Å². The summed E-state index contributed by atoms with van der Waals surface area (Å²) in [7, 11) is -3.47. The minimum atomic E-state index is -3.47. The maximum absolute atomic E-state index is 13.0. The molecular formula is C22H30N2O3S. The first-order chi connectivity index (χ1) is 13.5. The van der Waals surface area contributed by atoms with Crippen LogP contribution in [0.2, 0.25) is 0 Å². The Bertz CT molecular complexity index is 830. The van der Waals surface area contributed by atoms with Crippen LogP contribution < -0.4 is 4.74 Å². The quantitative estimate of drug-likeness (QED) is 0.628. The van der Waals surface area contributed by atoms with Crippen LogP contribution in [0.15, 0.2) is 59.5 Å². The monoisotopic (exact) mass is 402 g/mol. The van der Waals surface area contributed by atoms with E-state index in [9.17, 15) is 8.42 Å². The van der Waals surface area contributed by atoms with E-state index in [0.29, 0.717) is 30.3 Å². The van der Waals surface area contributed by atoms with Crippen molar-refractivity contribution in [1.82, 2.24) is 9.21 Å². The molecule has 0 radical (unpaired) electrons. The van der Waals surface area contributed by atoms with Gasteiger partial charge in [0.15, 0.2) is 0 Å². The zero-order valence-corrected chi connectivity index (χ0v) is 17.6. The lowest BCUT2D eigenvalue weighted by molar-refractivity contribution is 0.146. The molecule has 2 aromatic carbocycles. The van der Waals surface area contributed by atoms with E-state index in [1.807, 2.05) is 18.2 Å². The van der Waals surface area contributed by atoms with Gasteiger partial charge in [-0.05, 0) is 43.2 Å². The van der Waals surface area contributed by atoms with Gasteiger partial charge in [-0.2, -0.15) is 4.31 Å². The summed E-state index contributed by atoms with van der Waals surface area (Å²) < 4.78 is 33.2. The molecule has 5 nitrogen and oxygen atoms in total. The lowest BCUT2D eigenvalue weighted by Gasteiger charge is -2.37. The number of hydrogen-bond donors (Lipinski definition) is 0. The Morgan fingerprint density at radius 2 is 1.61 bits per heavy atom. The standard InChI is InChI=1S/C22H30N2O3S/c1-3-4-18-27-21-10-12-22(13-11-21)28(25,26)24-16-14-23(15-17-24)19(2)20-8-6-5-7-9-20/h5-13,19H,3-4,14-18H2,1-2H3. The van der Waals surface area contributed by atoms with Crippen LogP contribution in [-0.2, 0) is 10.0 Å². The number of piperazine rings is 1. The van der Waals surface area contributed by atoms with Gasteiger partial charge in [-0.25, -0.2) is 8.42 Å². The number of unbranched alkanes of at least 4 members (excludes halogenated alkanes) is 1. The first-order valence-corrected chi connectivity index (χ1v) is 11.5. The van der Waals surface area contributed by atoms with Crippen molar-refractivity contribution in [3.63, 3.8) is 0 Å². The van der Waals surface area contributed by atoms with Crippen molar-refractivity contribution in [2.24, 2.45) is 0 Å². The van der Waals surface area contributed by atoms with Crippen molar-refractivity contribution in [2.45, 2.75) is 37.6 Å². The van der Waals surface area contributed by atoms with Crippen molar-refractivity contribution in [3.05, 3.63) is 60.2 Å². The average molecular weight is 403 g/mol. The van der Waals surface area contributed by atoms with E-state index < -0.39 is 10.0 Å². The predicted octanol–water partition coefficient (Wildman–Crippen LogP) is 3.93. The van der Waals surface area contributed by atoms with Gasteiger partial charge in [-0.15, -0.1) is 0 Å². The summed E-state index contributed by atoms with van der Waals surface area (Å²) in [5, 5.41) is 0. The Kier molecular flexibility index (Phi) is 7.10. The second-order valence-corrected chi connectivity index (χ2v) is 9.14. The van der Waals surface area contributed by atoms with Crippen LogP contribution in [0.5, 0.6) is 5.75 Å². The number of benzene rings is 2. The highest BCUT2D eigenvalue weighted by Gasteiger charge is 2.30. The summed E-state index contributed by atoms with van der Waals surface area (Å²) in [6, 6.07) is 17.4. The summed E-state index contributed by atoms with van der Waals surface area (Å²) in [6.07, 6.45) is 2.06. The lowest BCUT2D eigenvalue weighted by atomic mass is 10.1.